The number of carbonyl (C=O) groups excluding carboxylic acids is 1. The van der Waals surface area contributed by atoms with Gasteiger partial charge in [0.25, 0.3) is 5.91 Å². The average molecular weight is 237 g/mol. The van der Waals surface area contributed by atoms with Gasteiger partial charge < -0.3 is 21.5 Å². The number of nitrogens with two attached hydrogens (primary N) is 2. The zero-order valence-electron chi connectivity index (χ0n) is 10.0. The molecule has 0 spiro atoms. The minimum absolute atomic E-state index is 0.0704. The monoisotopic (exact) mass is 237 g/mol. The molecule has 1 rings (SSSR count). The van der Waals surface area contributed by atoms with Crippen LogP contribution >= 0.6 is 0 Å². The Kier molecular flexibility index (Phi) is 4.78. The smallest absolute Gasteiger partial charge is 0.255 e. The standard InChI is InChI=1S/C12H19N3O2/c1-2-15(6-3-7-16)12(17)10-5-4-9(13)8-11(10)14/h4-5,8,16H,2-3,6-7,13-14H2,1H3. The number of hydrogen-bond donors (Lipinski definition) is 3. The van der Waals surface area contributed by atoms with E-state index in [2.05, 4.69) is 0 Å². The molecule has 0 fully saturated rings. The molecule has 1 amide bonds. The highest BCUT2D eigenvalue weighted by Crippen LogP contribution is 2.17. The van der Waals surface area contributed by atoms with Gasteiger partial charge in [0.1, 0.15) is 0 Å². The molecule has 94 valence electrons. The summed E-state index contributed by atoms with van der Waals surface area (Å²) in [7, 11) is 0. The van der Waals surface area contributed by atoms with E-state index in [4.69, 9.17) is 16.6 Å². The molecule has 0 unspecified atom stereocenters. The summed E-state index contributed by atoms with van der Waals surface area (Å²) in [5, 5.41) is 8.77. The fourth-order valence-corrected chi connectivity index (χ4v) is 1.61. The fourth-order valence-electron chi connectivity index (χ4n) is 1.61. The molecule has 1 aromatic carbocycles. The lowest BCUT2D eigenvalue weighted by molar-refractivity contribution is 0.0755. The highest BCUT2D eigenvalue weighted by atomic mass is 16.3. The average Bonchev–Trinajstić information content (AvgIpc) is 2.29. The number of aliphatic hydroxyl groups is 1. The predicted octanol–water partition coefficient (Wildman–Crippen LogP) is 0.695. The highest BCUT2D eigenvalue weighted by molar-refractivity contribution is 5.99. The normalized spacial score (nSPS) is 10.2. The van der Waals surface area contributed by atoms with Crippen molar-refractivity contribution < 1.29 is 9.90 Å². The number of amides is 1. The van der Waals surface area contributed by atoms with E-state index in [-0.39, 0.29) is 12.5 Å². The van der Waals surface area contributed by atoms with Crippen molar-refractivity contribution >= 4 is 17.3 Å². The third-order valence-electron chi connectivity index (χ3n) is 2.56. The van der Waals surface area contributed by atoms with Crippen molar-refractivity contribution in [2.24, 2.45) is 0 Å². The van der Waals surface area contributed by atoms with Crippen LogP contribution in [0.5, 0.6) is 0 Å². The van der Waals surface area contributed by atoms with E-state index in [0.717, 1.165) is 0 Å². The molecular weight excluding hydrogens is 218 g/mol. The van der Waals surface area contributed by atoms with Gasteiger partial charge in [0.05, 0.1) is 5.56 Å². The minimum Gasteiger partial charge on any atom is -0.399 e. The van der Waals surface area contributed by atoms with Crippen molar-refractivity contribution in [1.82, 2.24) is 4.90 Å². The van der Waals surface area contributed by atoms with E-state index >= 15 is 0 Å². The molecule has 0 heterocycles. The van der Waals surface area contributed by atoms with Crippen molar-refractivity contribution in [2.75, 3.05) is 31.2 Å². The Morgan fingerprint density at radius 1 is 1.41 bits per heavy atom. The Hall–Kier alpha value is -1.75. The lowest BCUT2D eigenvalue weighted by Gasteiger charge is -2.21. The van der Waals surface area contributed by atoms with E-state index < -0.39 is 0 Å². The summed E-state index contributed by atoms with van der Waals surface area (Å²) in [5.41, 5.74) is 12.7. The molecule has 0 saturated heterocycles. The zero-order chi connectivity index (χ0) is 12.8. The van der Waals surface area contributed by atoms with Gasteiger partial charge >= 0.3 is 0 Å². The van der Waals surface area contributed by atoms with Gasteiger partial charge in [-0.05, 0) is 31.5 Å². The van der Waals surface area contributed by atoms with Crippen LogP contribution in [0.25, 0.3) is 0 Å². The molecule has 1 aromatic rings. The number of nitrogens with zero attached hydrogens (tertiary/aromatic N) is 1. The third-order valence-corrected chi connectivity index (χ3v) is 2.56. The van der Waals surface area contributed by atoms with Gasteiger partial charge in [-0.1, -0.05) is 0 Å². The second-order valence-corrected chi connectivity index (χ2v) is 3.81. The maximum Gasteiger partial charge on any atom is 0.255 e. The summed E-state index contributed by atoms with van der Waals surface area (Å²) in [6.45, 7) is 3.07. The maximum absolute atomic E-state index is 12.1. The van der Waals surface area contributed by atoms with Crippen LogP contribution in [-0.2, 0) is 0 Å². The van der Waals surface area contributed by atoms with Crippen molar-refractivity contribution in [3.63, 3.8) is 0 Å². The molecule has 0 aromatic heterocycles. The summed E-state index contributed by atoms with van der Waals surface area (Å²) in [5.74, 6) is -0.126. The molecule has 0 saturated carbocycles. The Labute approximate surface area is 101 Å². The third kappa shape index (κ3) is 3.35. The quantitative estimate of drug-likeness (QED) is 0.657. The van der Waals surface area contributed by atoms with Gasteiger partial charge in [-0.15, -0.1) is 0 Å². The molecule has 5 N–H and O–H groups in total. The Bertz CT molecular complexity index is 393. The van der Waals surface area contributed by atoms with E-state index in [1.807, 2.05) is 6.92 Å². The molecule has 5 nitrogen and oxygen atoms in total. The fraction of sp³-hybridized carbons (Fsp3) is 0.417. The predicted molar refractivity (Wildman–Crippen MR) is 68.5 cm³/mol. The molecule has 0 radical (unpaired) electrons. The Balaban J connectivity index is 2.86. The summed E-state index contributed by atoms with van der Waals surface area (Å²) in [6.07, 6.45) is 0.564. The summed E-state index contributed by atoms with van der Waals surface area (Å²) in [4.78, 5) is 13.8. The van der Waals surface area contributed by atoms with Crippen molar-refractivity contribution in [3.05, 3.63) is 23.8 Å². The number of carbonyl (C=O) groups is 1. The first-order valence-corrected chi connectivity index (χ1v) is 5.65. The van der Waals surface area contributed by atoms with Crippen molar-refractivity contribution in [1.29, 1.82) is 0 Å². The van der Waals surface area contributed by atoms with Crippen LogP contribution in [0.15, 0.2) is 18.2 Å². The van der Waals surface area contributed by atoms with Crippen molar-refractivity contribution in [3.8, 4) is 0 Å². The number of hydrogen-bond acceptors (Lipinski definition) is 4. The SMILES string of the molecule is CCN(CCCO)C(=O)c1ccc(N)cc1N. The second-order valence-electron chi connectivity index (χ2n) is 3.81. The van der Waals surface area contributed by atoms with Gasteiger partial charge in [0.2, 0.25) is 0 Å². The Morgan fingerprint density at radius 3 is 2.65 bits per heavy atom. The van der Waals surface area contributed by atoms with Crippen LogP contribution in [0, 0.1) is 0 Å². The van der Waals surface area contributed by atoms with E-state index in [0.29, 0.717) is 36.4 Å². The molecular formula is C12H19N3O2. The topological polar surface area (TPSA) is 92.6 Å². The number of anilines is 2. The van der Waals surface area contributed by atoms with Crippen LogP contribution in [0.3, 0.4) is 0 Å². The molecule has 5 heteroatoms. The first kappa shape index (κ1) is 13.3. The molecule has 17 heavy (non-hydrogen) atoms. The second kappa shape index (κ2) is 6.10. The first-order chi connectivity index (χ1) is 8.10. The number of rotatable bonds is 5. The van der Waals surface area contributed by atoms with Crippen LogP contribution in [-0.4, -0.2) is 35.6 Å². The van der Waals surface area contributed by atoms with Crippen LogP contribution in [0.2, 0.25) is 0 Å². The highest BCUT2D eigenvalue weighted by Gasteiger charge is 2.16. The lowest BCUT2D eigenvalue weighted by Crippen LogP contribution is -2.32. The minimum atomic E-state index is -0.126. The zero-order valence-corrected chi connectivity index (χ0v) is 10.0. The first-order valence-electron chi connectivity index (χ1n) is 5.65. The van der Waals surface area contributed by atoms with Gasteiger partial charge in [0, 0.05) is 31.1 Å². The number of benzene rings is 1. The summed E-state index contributed by atoms with van der Waals surface area (Å²) in [6, 6.07) is 4.87. The summed E-state index contributed by atoms with van der Waals surface area (Å²) < 4.78 is 0. The number of nitrogen functional groups attached to an aromatic ring is 2. The van der Waals surface area contributed by atoms with Crippen molar-refractivity contribution in [2.45, 2.75) is 13.3 Å². The molecule has 0 aliphatic carbocycles. The molecule has 0 bridgehead atoms. The molecule has 0 aliphatic rings. The van der Waals surface area contributed by atoms with Crippen LogP contribution < -0.4 is 11.5 Å². The van der Waals surface area contributed by atoms with Gasteiger partial charge in [-0.2, -0.15) is 0 Å². The van der Waals surface area contributed by atoms with Gasteiger partial charge in [-0.25, -0.2) is 0 Å². The van der Waals surface area contributed by atoms with E-state index in [1.165, 1.54) is 0 Å². The van der Waals surface area contributed by atoms with E-state index in [1.54, 1.807) is 23.1 Å². The summed E-state index contributed by atoms with van der Waals surface area (Å²) >= 11 is 0. The van der Waals surface area contributed by atoms with Gasteiger partial charge in [-0.3, -0.25) is 4.79 Å². The number of aliphatic hydroxyl groups excluding tert-OH is 1. The maximum atomic E-state index is 12.1. The Morgan fingerprint density at radius 2 is 2.12 bits per heavy atom. The van der Waals surface area contributed by atoms with Crippen LogP contribution in [0.4, 0.5) is 11.4 Å². The van der Waals surface area contributed by atoms with Gasteiger partial charge in [0.15, 0.2) is 0 Å². The molecule has 0 aliphatic heterocycles. The van der Waals surface area contributed by atoms with E-state index in [9.17, 15) is 4.79 Å². The van der Waals surface area contributed by atoms with Crippen LogP contribution in [0.1, 0.15) is 23.7 Å². The largest absolute Gasteiger partial charge is 0.399 e. The lowest BCUT2D eigenvalue weighted by atomic mass is 10.1. The molecule has 0 atom stereocenters.